The maximum absolute atomic E-state index is 12.1. The number of fused-ring (bicyclic) bond motifs is 1. The topological polar surface area (TPSA) is 58.9 Å². The Balaban J connectivity index is 0.00000242. The molecule has 8 heteroatoms. The summed E-state index contributed by atoms with van der Waals surface area (Å²) in [4.78, 5) is 16.8. The zero-order valence-electron chi connectivity index (χ0n) is 13.5. The minimum atomic E-state index is 0. The lowest BCUT2D eigenvalue weighted by Crippen LogP contribution is -2.38. The molecular weight excluding hydrogens is 355 g/mol. The standard InChI is InChI=1S/C15H22N4OS.2ClH/c1-11(16-2)8-17-15(20)9-19-13-7-5-4-6-12(13)18-14(19)10-21-3;;/h4-7,11,16H,8-10H2,1-3H3,(H,17,20);2*1H. The van der Waals surface area contributed by atoms with Crippen molar-refractivity contribution >= 4 is 53.5 Å². The number of aromatic nitrogens is 2. The van der Waals surface area contributed by atoms with Gasteiger partial charge in [0, 0.05) is 12.6 Å². The summed E-state index contributed by atoms with van der Waals surface area (Å²) in [7, 11) is 1.89. The van der Waals surface area contributed by atoms with Crippen molar-refractivity contribution in [2.45, 2.75) is 25.3 Å². The molecule has 1 unspecified atom stereocenters. The van der Waals surface area contributed by atoms with E-state index in [1.54, 1.807) is 11.8 Å². The number of halogens is 2. The molecule has 2 rings (SSSR count). The molecule has 1 amide bonds. The quantitative estimate of drug-likeness (QED) is 0.776. The fraction of sp³-hybridized carbons (Fsp3) is 0.467. The molecule has 0 fully saturated rings. The minimum Gasteiger partial charge on any atom is -0.353 e. The highest BCUT2D eigenvalue weighted by Gasteiger charge is 2.13. The van der Waals surface area contributed by atoms with Crippen molar-refractivity contribution in [3.05, 3.63) is 30.1 Å². The van der Waals surface area contributed by atoms with Crippen molar-refractivity contribution in [2.24, 2.45) is 0 Å². The van der Waals surface area contributed by atoms with Crippen LogP contribution in [0.2, 0.25) is 0 Å². The van der Waals surface area contributed by atoms with E-state index in [4.69, 9.17) is 0 Å². The van der Waals surface area contributed by atoms with Crippen molar-refractivity contribution in [3.8, 4) is 0 Å². The Kier molecular flexibility index (Phi) is 10.3. The van der Waals surface area contributed by atoms with Crippen LogP contribution < -0.4 is 10.6 Å². The highest BCUT2D eigenvalue weighted by molar-refractivity contribution is 7.97. The van der Waals surface area contributed by atoms with Gasteiger partial charge in [0.1, 0.15) is 12.4 Å². The average Bonchev–Trinajstić information content (AvgIpc) is 2.83. The van der Waals surface area contributed by atoms with Crippen LogP contribution in [0, 0.1) is 0 Å². The fourth-order valence-electron chi connectivity index (χ4n) is 2.11. The van der Waals surface area contributed by atoms with E-state index in [1.165, 1.54) is 0 Å². The van der Waals surface area contributed by atoms with E-state index in [1.807, 2.05) is 49.1 Å². The first kappa shape index (κ1) is 22.1. The number of nitrogens with one attached hydrogen (secondary N) is 2. The monoisotopic (exact) mass is 378 g/mol. The van der Waals surface area contributed by atoms with E-state index in [0.29, 0.717) is 13.1 Å². The van der Waals surface area contributed by atoms with Crippen molar-refractivity contribution in [1.29, 1.82) is 0 Å². The van der Waals surface area contributed by atoms with Crippen molar-refractivity contribution in [1.82, 2.24) is 20.2 Å². The van der Waals surface area contributed by atoms with Crippen LogP contribution in [0.4, 0.5) is 0 Å². The molecule has 0 aliphatic carbocycles. The normalized spacial score (nSPS) is 11.4. The largest absolute Gasteiger partial charge is 0.353 e. The molecule has 0 saturated heterocycles. The summed E-state index contributed by atoms with van der Waals surface area (Å²) in [6.07, 6.45) is 2.04. The van der Waals surface area contributed by atoms with E-state index in [0.717, 1.165) is 22.6 Å². The van der Waals surface area contributed by atoms with Crippen molar-refractivity contribution < 1.29 is 4.79 Å². The minimum absolute atomic E-state index is 0. The third-order valence-electron chi connectivity index (χ3n) is 3.41. The van der Waals surface area contributed by atoms with Gasteiger partial charge in [0.15, 0.2) is 0 Å². The number of likely N-dealkylation sites (N-methyl/N-ethyl adjacent to an activating group) is 1. The number of rotatable bonds is 7. The molecule has 0 aliphatic heterocycles. The van der Waals surface area contributed by atoms with E-state index in [9.17, 15) is 4.79 Å². The number of benzene rings is 1. The maximum Gasteiger partial charge on any atom is 0.240 e. The first-order valence-electron chi connectivity index (χ1n) is 7.02. The summed E-state index contributed by atoms with van der Waals surface area (Å²) in [5.41, 5.74) is 1.95. The molecule has 2 N–H and O–H groups in total. The summed E-state index contributed by atoms with van der Waals surface area (Å²) < 4.78 is 2.01. The summed E-state index contributed by atoms with van der Waals surface area (Å²) in [5, 5.41) is 6.05. The lowest BCUT2D eigenvalue weighted by Gasteiger charge is -2.13. The number of hydrogen-bond donors (Lipinski definition) is 2. The summed E-state index contributed by atoms with van der Waals surface area (Å²) >= 11 is 1.71. The number of imidazole rings is 1. The molecule has 1 aromatic carbocycles. The Hall–Kier alpha value is -0.950. The second-order valence-electron chi connectivity index (χ2n) is 5.03. The molecule has 130 valence electrons. The van der Waals surface area contributed by atoms with Gasteiger partial charge in [-0.05, 0) is 32.4 Å². The smallest absolute Gasteiger partial charge is 0.240 e. The van der Waals surface area contributed by atoms with Crippen molar-refractivity contribution in [3.63, 3.8) is 0 Å². The number of para-hydroxylation sites is 2. The van der Waals surface area contributed by atoms with E-state index in [2.05, 4.69) is 15.6 Å². The number of nitrogens with zero attached hydrogens (tertiary/aromatic N) is 2. The zero-order valence-corrected chi connectivity index (χ0v) is 16.0. The number of carbonyl (C=O) groups is 1. The number of amides is 1. The number of thioether (sulfide) groups is 1. The molecule has 2 aromatic rings. The Morgan fingerprint density at radius 1 is 1.35 bits per heavy atom. The molecule has 0 radical (unpaired) electrons. The average molecular weight is 379 g/mol. The summed E-state index contributed by atoms with van der Waals surface area (Å²) in [6.45, 7) is 2.97. The van der Waals surface area contributed by atoms with E-state index >= 15 is 0 Å². The molecule has 5 nitrogen and oxygen atoms in total. The van der Waals surface area contributed by atoms with Gasteiger partial charge in [-0.15, -0.1) is 24.8 Å². The first-order valence-corrected chi connectivity index (χ1v) is 8.42. The maximum atomic E-state index is 12.1. The van der Waals surface area contributed by atoms with Gasteiger partial charge in [-0.3, -0.25) is 4.79 Å². The Bertz CT molecular complexity index is 621. The summed E-state index contributed by atoms with van der Waals surface area (Å²) in [5.74, 6) is 1.76. The van der Waals surface area contributed by atoms with E-state index < -0.39 is 0 Å². The van der Waals surface area contributed by atoms with Crippen LogP contribution in [0.5, 0.6) is 0 Å². The van der Waals surface area contributed by atoms with Gasteiger partial charge in [0.05, 0.1) is 16.8 Å². The van der Waals surface area contributed by atoms with Gasteiger partial charge in [0.2, 0.25) is 5.91 Å². The van der Waals surface area contributed by atoms with Gasteiger partial charge in [-0.1, -0.05) is 12.1 Å². The summed E-state index contributed by atoms with van der Waals surface area (Å²) in [6, 6.07) is 8.20. The lowest BCUT2D eigenvalue weighted by molar-refractivity contribution is -0.121. The highest BCUT2D eigenvalue weighted by atomic mass is 35.5. The van der Waals surface area contributed by atoms with Crippen molar-refractivity contribution in [2.75, 3.05) is 19.8 Å². The molecule has 0 spiro atoms. The number of carbonyl (C=O) groups excluding carboxylic acids is 1. The van der Waals surface area contributed by atoms with Crippen LogP contribution in [-0.2, 0) is 17.1 Å². The predicted octanol–water partition coefficient (Wildman–Crippen LogP) is 2.47. The molecule has 0 bridgehead atoms. The van der Waals surface area contributed by atoms with Gasteiger partial charge in [0.25, 0.3) is 0 Å². The highest BCUT2D eigenvalue weighted by Crippen LogP contribution is 2.18. The fourth-order valence-corrected chi connectivity index (χ4v) is 2.59. The Morgan fingerprint density at radius 2 is 2.04 bits per heavy atom. The third kappa shape index (κ3) is 5.88. The second-order valence-corrected chi connectivity index (χ2v) is 5.90. The van der Waals surface area contributed by atoms with Crippen LogP contribution >= 0.6 is 36.6 Å². The Labute approximate surface area is 153 Å². The van der Waals surface area contributed by atoms with Crippen LogP contribution in [-0.4, -0.2) is 41.3 Å². The molecule has 1 atom stereocenters. The van der Waals surface area contributed by atoms with Crippen LogP contribution in [0.3, 0.4) is 0 Å². The van der Waals surface area contributed by atoms with Crippen LogP contribution in [0.25, 0.3) is 11.0 Å². The zero-order chi connectivity index (χ0) is 15.2. The van der Waals surface area contributed by atoms with Crippen LogP contribution in [0.1, 0.15) is 12.7 Å². The SMILES string of the molecule is CNC(C)CNC(=O)Cn1c(CSC)nc2ccccc21.Cl.Cl. The van der Waals surface area contributed by atoms with E-state index in [-0.39, 0.29) is 36.8 Å². The van der Waals surface area contributed by atoms with Gasteiger partial charge in [-0.2, -0.15) is 11.8 Å². The molecule has 0 aliphatic rings. The predicted molar refractivity (Wildman–Crippen MR) is 103 cm³/mol. The Morgan fingerprint density at radius 3 is 2.70 bits per heavy atom. The molecule has 1 heterocycles. The van der Waals surface area contributed by atoms with Gasteiger partial charge >= 0.3 is 0 Å². The third-order valence-corrected chi connectivity index (χ3v) is 3.95. The second kappa shape index (κ2) is 10.8. The van der Waals surface area contributed by atoms with Gasteiger partial charge in [-0.25, -0.2) is 4.98 Å². The van der Waals surface area contributed by atoms with Crippen LogP contribution in [0.15, 0.2) is 24.3 Å². The molecule has 0 saturated carbocycles. The molecule has 23 heavy (non-hydrogen) atoms. The lowest BCUT2D eigenvalue weighted by atomic mass is 10.3. The number of hydrogen-bond acceptors (Lipinski definition) is 4. The molecular formula is C15H24Cl2N4OS. The first-order chi connectivity index (χ1) is 10.2. The molecule has 1 aromatic heterocycles. The van der Waals surface area contributed by atoms with Gasteiger partial charge < -0.3 is 15.2 Å².